The second kappa shape index (κ2) is 6.21. The van der Waals surface area contributed by atoms with Crippen LogP contribution in [0.25, 0.3) is 0 Å². The predicted molar refractivity (Wildman–Crippen MR) is 69.7 cm³/mol. The molecule has 1 aliphatic rings. The summed E-state index contributed by atoms with van der Waals surface area (Å²) in [5, 5.41) is 0. The van der Waals surface area contributed by atoms with E-state index in [1.165, 1.54) is 5.57 Å². The van der Waals surface area contributed by atoms with Crippen LogP contribution in [0.2, 0.25) is 0 Å². The smallest absolute Gasteiger partial charge is 0.0594 e. The lowest BCUT2D eigenvalue weighted by molar-refractivity contribution is -0.00256. The molecule has 1 heterocycles. The highest BCUT2D eigenvalue weighted by Gasteiger charge is 2.28. The zero-order chi connectivity index (χ0) is 12.0. The summed E-state index contributed by atoms with van der Waals surface area (Å²) in [6.07, 6.45) is 6.67. The van der Waals surface area contributed by atoms with Crippen molar-refractivity contribution in [1.29, 1.82) is 0 Å². The SMILES string of the molecule is C=CC(C)(CCC=C(C)C)N1CCOCC1. The van der Waals surface area contributed by atoms with Gasteiger partial charge in [0.25, 0.3) is 0 Å². The van der Waals surface area contributed by atoms with Crippen molar-refractivity contribution in [3.63, 3.8) is 0 Å². The van der Waals surface area contributed by atoms with Gasteiger partial charge in [-0.05, 0) is 33.6 Å². The first-order valence-corrected chi connectivity index (χ1v) is 6.18. The Morgan fingerprint density at radius 3 is 2.50 bits per heavy atom. The lowest BCUT2D eigenvalue weighted by Gasteiger charge is -2.41. The van der Waals surface area contributed by atoms with Gasteiger partial charge >= 0.3 is 0 Å². The van der Waals surface area contributed by atoms with E-state index < -0.39 is 0 Å². The fourth-order valence-corrected chi connectivity index (χ4v) is 2.12. The molecule has 1 aliphatic heterocycles. The van der Waals surface area contributed by atoms with Gasteiger partial charge in [0, 0.05) is 18.6 Å². The molecule has 0 aromatic heterocycles. The molecule has 1 unspecified atom stereocenters. The van der Waals surface area contributed by atoms with Crippen molar-refractivity contribution in [2.75, 3.05) is 26.3 Å². The van der Waals surface area contributed by atoms with Gasteiger partial charge in [-0.3, -0.25) is 4.90 Å². The van der Waals surface area contributed by atoms with Crippen molar-refractivity contribution < 1.29 is 4.74 Å². The van der Waals surface area contributed by atoms with Crippen molar-refractivity contribution in [1.82, 2.24) is 4.90 Å². The van der Waals surface area contributed by atoms with Crippen LogP contribution in [0.1, 0.15) is 33.6 Å². The summed E-state index contributed by atoms with van der Waals surface area (Å²) in [6, 6.07) is 0. The Balaban J connectivity index is 2.53. The fraction of sp³-hybridized carbons (Fsp3) is 0.714. The molecule has 0 spiro atoms. The Kier molecular flexibility index (Phi) is 5.23. The van der Waals surface area contributed by atoms with Gasteiger partial charge in [0.2, 0.25) is 0 Å². The third kappa shape index (κ3) is 3.76. The standard InChI is InChI=1S/C14H25NO/c1-5-14(4,8-6-7-13(2)3)15-9-11-16-12-10-15/h5,7H,1,6,8-12H2,2-4H3. The Bertz CT molecular complexity index is 249. The summed E-state index contributed by atoms with van der Waals surface area (Å²) in [5.41, 5.74) is 1.52. The number of nitrogens with zero attached hydrogens (tertiary/aromatic N) is 1. The quantitative estimate of drug-likeness (QED) is 0.664. The lowest BCUT2D eigenvalue weighted by atomic mass is 9.92. The fourth-order valence-electron chi connectivity index (χ4n) is 2.12. The van der Waals surface area contributed by atoms with Gasteiger partial charge in [-0.1, -0.05) is 17.7 Å². The van der Waals surface area contributed by atoms with Crippen molar-refractivity contribution in [2.24, 2.45) is 0 Å². The lowest BCUT2D eigenvalue weighted by Crippen LogP contribution is -2.50. The second-order valence-electron chi connectivity index (χ2n) is 4.98. The molecule has 1 saturated heterocycles. The molecule has 0 saturated carbocycles. The summed E-state index contributed by atoms with van der Waals surface area (Å²) in [5.74, 6) is 0. The largest absolute Gasteiger partial charge is 0.379 e. The van der Waals surface area contributed by atoms with E-state index in [9.17, 15) is 0 Å². The molecule has 1 fully saturated rings. The number of hydrogen-bond acceptors (Lipinski definition) is 2. The molecule has 0 N–H and O–H groups in total. The van der Waals surface area contributed by atoms with Crippen LogP contribution in [0.4, 0.5) is 0 Å². The monoisotopic (exact) mass is 223 g/mol. The molecule has 0 aromatic carbocycles. The van der Waals surface area contributed by atoms with Crippen molar-refractivity contribution in [2.45, 2.75) is 39.2 Å². The van der Waals surface area contributed by atoms with E-state index in [0.717, 1.165) is 39.1 Å². The van der Waals surface area contributed by atoms with Crippen LogP contribution in [0, 0.1) is 0 Å². The molecule has 92 valence electrons. The van der Waals surface area contributed by atoms with Crippen LogP contribution in [-0.4, -0.2) is 36.7 Å². The number of rotatable bonds is 5. The molecule has 1 atom stereocenters. The summed E-state index contributed by atoms with van der Waals surface area (Å²) in [4.78, 5) is 2.49. The van der Waals surface area contributed by atoms with E-state index in [-0.39, 0.29) is 5.54 Å². The maximum absolute atomic E-state index is 5.39. The number of allylic oxidation sites excluding steroid dienone is 2. The molecule has 0 aliphatic carbocycles. The summed E-state index contributed by atoms with van der Waals surface area (Å²) >= 11 is 0. The van der Waals surface area contributed by atoms with Crippen LogP contribution in [0.3, 0.4) is 0 Å². The van der Waals surface area contributed by atoms with Crippen LogP contribution < -0.4 is 0 Å². The van der Waals surface area contributed by atoms with Crippen molar-refractivity contribution >= 4 is 0 Å². The van der Waals surface area contributed by atoms with Gasteiger partial charge in [0.05, 0.1) is 13.2 Å². The van der Waals surface area contributed by atoms with E-state index in [4.69, 9.17) is 4.74 Å². The number of ether oxygens (including phenoxy) is 1. The molecule has 16 heavy (non-hydrogen) atoms. The zero-order valence-electron chi connectivity index (χ0n) is 11.0. The van der Waals surface area contributed by atoms with Gasteiger partial charge in [0.15, 0.2) is 0 Å². The van der Waals surface area contributed by atoms with Crippen LogP contribution in [0.15, 0.2) is 24.3 Å². The Morgan fingerprint density at radius 2 is 2.00 bits per heavy atom. The van der Waals surface area contributed by atoms with Gasteiger partial charge in [-0.15, -0.1) is 6.58 Å². The molecule has 0 bridgehead atoms. The first-order chi connectivity index (χ1) is 7.58. The molecule has 1 rings (SSSR count). The maximum atomic E-state index is 5.39. The minimum absolute atomic E-state index is 0.121. The minimum atomic E-state index is 0.121. The van der Waals surface area contributed by atoms with Gasteiger partial charge in [-0.25, -0.2) is 0 Å². The minimum Gasteiger partial charge on any atom is -0.379 e. The predicted octanol–water partition coefficient (Wildman–Crippen LogP) is 3.01. The van der Waals surface area contributed by atoms with Crippen LogP contribution in [0.5, 0.6) is 0 Å². The number of morpholine rings is 1. The Morgan fingerprint density at radius 1 is 1.38 bits per heavy atom. The van der Waals surface area contributed by atoms with Gasteiger partial charge in [0.1, 0.15) is 0 Å². The summed E-state index contributed by atoms with van der Waals surface area (Å²) in [6.45, 7) is 14.3. The molecular formula is C14H25NO. The van der Waals surface area contributed by atoms with Gasteiger partial charge in [-0.2, -0.15) is 0 Å². The first-order valence-electron chi connectivity index (χ1n) is 6.18. The van der Waals surface area contributed by atoms with Gasteiger partial charge < -0.3 is 4.74 Å². The Hall–Kier alpha value is -0.600. The zero-order valence-corrected chi connectivity index (χ0v) is 11.0. The number of hydrogen-bond donors (Lipinski definition) is 0. The molecule has 0 aromatic rings. The van der Waals surface area contributed by atoms with Crippen molar-refractivity contribution in [3.05, 3.63) is 24.3 Å². The van der Waals surface area contributed by atoms with E-state index in [0.29, 0.717) is 0 Å². The molecule has 2 heteroatoms. The van der Waals surface area contributed by atoms with E-state index in [1.807, 2.05) is 0 Å². The van der Waals surface area contributed by atoms with Crippen molar-refractivity contribution in [3.8, 4) is 0 Å². The molecule has 0 amide bonds. The maximum Gasteiger partial charge on any atom is 0.0594 e. The Labute approximate surface area is 100.0 Å². The van der Waals surface area contributed by atoms with Crippen LogP contribution in [-0.2, 0) is 4.74 Å². The topological polar surface area (TPSA) is 12.5 Å². The molecule has 2 nitrogen and oxygen atoms in total. The first kappa shape index (κ1) is 13.5. The highest BCUT2D eigenvalue weighted by molar-refractivity contribution is 5.04. The summed E-state index contributed by atoms with van der Waals surface area (Å²) < 4.78 is 5.39. The van der Waals surface area contributed by atoms with Crippen LogP contribution >= 0.6 is 0 Å². The molecule has 0 radical (unpaired) electrons. The van der Waals surface area contributed by atoms with E-state index >= 15 is 0 Å². The highest BCUT2D eigenvalue weighted by atomic mass is 16.5. The second-order valence-corrected chi connectivity index (χ2v) is 4.98. The average molecular weight is 223 g/mol. The third-order valence-electron chi connectivity index (χ3n) is 3.38. The normalized spacial score (nSPS) is 21.2. The summed E-state index contributed by atoms with van der Waals surface area (Å²) in [7, 11) is 0. The van der Waals surface area contributed by atoms with E-state index in [2.05, 4.69) is 44.4 Å². The molecular weight excluding hydrogens is 198 g/mol. The average Bonchev–Trinajstić information content (AvgIpc) is 2.29. The van der Waals surface area contributed by atoms with E-state index in [1.54, 1.807) is 0 Å². The highest BCUT2D eigenvalue weighted by Crippen LogP contribution is 2.24. The third-order valence-corrected chi connectivity index (χ3v) is 3.38.